The van der Waals surface area contributed by atoms with Crippen LogP contribution >= 0.6 is 11.3 Å². The predicted octanol–water partition coefficient (Wildman–Crippen LogP) is 2.41. The third-order valence-electron chi connectivity index (χ3n) is 3.50. The van der Waals surface area contributed by atoms with E-state index < -0.39 is 0 Å². The molecule has 1 aliphatic rings. The van der Waals surface area contributed by atoms with Crippen LogP contribution in [0.4, 0.5) is 0 Å². The average molecular weight is 276 g/mol. The van der Waals surface area contributed by atoms with Gasteiger partial charge in [-0.2, -0.15) is 11.3 Å². The Labute approximate surface area is 115 Å². The molecule has 2 aromatic heterocycles. The molecule has 5 nitrogen and oxygen atoms in total. The minimum absolute atomic E-state index is 0.0651. The van der Waals surface area contributed by atoms with Crippen LogP contribution in [0.3, 0.4) is 0 Å². The van der Waals surface area contributed by atoms with E-state index in [4.69, 9.17) is 0 Å². The van der Waals surface area contributed by atoms with Crippen molar-refractivity contribution in [1.82, 2.24) is 20.1 Å². The number of amides is 1. The maximum atomic E-state index is 12.5. The molecule has 0 spiro atoms. The van der Waals surface area contributed by atoms with Crippen molar-refractivity contribution in [2.45, 2.75) is 32.2 Å². The number of aromatic nitrogens is 3. The van der Waals surface area contributed by atoms with Crippen molar-refractivity contribution in [3.8, 4) is 0 Å². The topological polar surface area (TPSA) is 61.9 Å². The molecule has 0 aliphatic carbocycles. The van der Waals surface area contributed by atoms with Crippen LogP contribution in [-0.4, -0.2) is 32.5 Å². The Morgan fingerprint density at radius 1 is 1.63 bits per heavy atom. The van der Waals surface area contributed by atoms with Crippen LogP contribution in [0, 0.1) is 0 Å². The first kappa shape index (κ1) is 12.3. The van der Waals surface area contributed by atoms with Crippen LogP contribution in [0.15, 0.2) is 16.8 Å². The zero-order valence-electron chi connectivity index (χ0n) is 10.8. The van der Waals surface area contributed by atoms with Crippen molar-refractivity contribution in [2.24, 2.45) is 0 Å². The fraction of sp³-hybridized carbons (Fsp3) is 0.462. The molecular formula is C13H16N4OS. The first-order valence-electron chi connectivity index (χ1n) is 6.54. The molecule has 1 aliphatic heterocycles. The molecule has 1 amide bonds. The number of H-pyrrole nitrogens is 1. The van der Waals surface area contributed by atoms with Gasteiger partial charge in [-0.15, -0.1) is 5.10 Å². The molecule has 0 radical (unpaired) electrons. The highest BCUT2D eigenvalue weighted by molar-refractivity contribution is 7.07. The van der Waals surface area contributed by atoms with Gasteiger partial charge >= 0.3 is 0 Å². The zero-order valence-corrected chi connectivity index (χ0v) is 11.6. The molecule has 6 heteroatoms. The van der Waals surface area contributed by atoms with Crippen LogP contribution in [0.1, 0.15) is 47.8 Å². The molecule has 1 atom stereocenters. The van der Waals surface area contributed by atoms with Gasteiger partial charge in [0.15, 0.2) is 0 Å². The van der Waals surface area contributed by atoms with Crippen LogP contribution in [-0.2, 0) is 6.42 Å². The molecule has 0 aromatic carbocycles. The van der Waals surface area contributed by atoms with E-state index in [1.54, 1.807) is 11.3 Å². The molecule has 0 bridgehead atoms. The maximum absolute atomic E-state index is 12.5. The molecule has 0 saturated carbocycles. The smallest absolute Gasteiger partial charge is 0.294 e. The van der Waals surface area contributed by atoms with E-state index in [-0.39, 0.29) is 11.9 Å². The van der Waals surface area contributed by atoms with Crippen molar-refractivity contribution in [2.75, 3.05) is 6.54 Å². The molecule has 1 fully saturated rings. The number of nitrogens with one attached hydrogen (secondary N) is 1. The maximum Gasteiger partial charge on any atom is 0.294 e. The molecule has 3 heterocycles. The first-order chi connectivity index (χ1) is 9.29. The Kier molecular flexibility index (Phi) is 3.33. The van der Waals surface area contributed by atoms with Crippen molar-refractivity contribution in [3.05, 3.63) is 34.0 Å². The number of aryl methyl sites for hydroxylation is 1. The summed E-state index contributed by atoms with van der Waals surface area (Å²) < 4.78 is 0. The molecule has 1 N–H and O–H groups in total. The SMILES string of the molecule is CCc1nc(C(=O)N2CCCC2c2ccsc2)n[nH]1. The van der Waals surface area contributed by atoms with Gasteiger partial charge in [0.1, 0.15) is 5.82 Å². The van der Waals surface area contributed by atoms with Gasteiger partial charge in [0.05, 0.1) is 6.04 Å². The molecule has 1 unspecified atom stereocenters. The summed E-state index contributed by atoms with van der Waals surface area (Å²) in [6.07, 6.45) is 2.82. The standard InChI is InChI=1S/C13H16N4OS/c1-2-11-14-12(16-15-11)13(18)17-6-3-4-10(17)9-5-7-19-8-9/h5,7-8,10H,2-4,6H2,1H3,(H,14,15,16). The van der Waals surface area contributed by atoms with E-state index in [2.05, 4.69) is 32.0 Å². The summed E-state index contributed by atoms with van der Waals surface area (Å²) in [5, 5.41) is 11.0. The monoisotopic (exact) mass is 276 g/mol. The van der Waals surface area contributed by atoms with Crippen LogP contribution in [0.5, 0.6) is 0 Å². The van der Waals surface area contributed by atoms with E-state index in [0.717, 1.165) is 31.6 Å². The lowest BCUT2D eigenvalue weighted by Crippen LogP contribution is -2.31. The predicted molar refractivity (Wildman–Crippen MR) is 73.1 cm³/mol. The minimum Gasteiger partial charge on any atom is -0.329 e. The second-order valence-electron chi connectivity index (χ2n) is 4.67. The molecular weight excluding hydrogens is 260 g/mol. The summed E-state index contributed by atoms with van der Waals surface area (Å²) in [7, 11) is 0. The quantitative estimate of drug-likeness (QED) is 0.936. The molecule has 19 heavy (non-hydrogen) atoms. The highest BCUT2D eigenvalue weighted by Gasteiger charge is 2.32. The number of likely N-dealkylation sites (tertiary alicyclic amines) is 1. The fourth-order valence-electron chi connectivity index (χ4n) is 2.50. The van der Waals surface area contributed by atoms with Crippen molar-refractivity contribution in [3.63, 3.8) is 0 Å². The normalized spacial score (nSPS) is 19.0. The number of carbonyl (C=O) groups excluding carboxylic acids is 1. The Bertz CT molecular complexity index is 563. The highest BCUT2D eigenvalue weighted by atomic mass is 32.1. The molecule has 2 aromatic rings. The third kappa shape index (κ3) is 2.28. The van der Waals surface area contributed by atoms with Crippen LogP contribution < -0.4 is 0 Å². The van der Waals surface area contributed by atoms with Gasteiger partial charge in [0.25, 0.3) is 5.91 Å². The summed E-state index contributed by atoms with van der Waals surface area (Å²) in [6.45, 7) is 2.77. The second kappa shape index (κ2) is 5.13. The van der Waals surface area contributed by atoms with Crippen LogP contribution in [0.2, 0.25) is 0 Å². The summed E-state index contributed by atoms with van der Waals surface area (Å²) in [6, 6.07) is 2.28. The lowest BCUT2D eigenvalue weighted by Gasteiger charge is -2.22. The number of thiophene rings is 1. The number of aromatic amines is 1. The summed E-state index contributed by atoms with van der Waals surface area (Å²) >= 11 is 1.67. The van der Waals surface area contributed by atoms with Gasteiger partial charge in [-0.1, -0.05) is 6.92 Å². The summed E-state index contributed by atoms with van der Waals surface area (Å²) in [5.41, 5.74) is 1.22. The molecule has 100 valence electrons. The average Bonchev–Trinajstić information content (AvgIpc) is 3.16. The Morgan fingerprint density at radius 3 is 3.21 bits per heavy atom. The lowest BCUT2D eigenvalue weighted by atomic mass is 10.1. The van der Waals surface area contributed by atoms with E-state index >= 15 is 0 Å². The number of hydrogen-bond acceptors (Lipinski definition) is 4. The minimum atomic E-state index is -0.0651. The van der Waals surface area contributed by atoms with Gasteiger partial charge in [0.2, 0.25) is 5.82 Å². The van der Waals surface area contributed by atoms with Crippen molar-refractivity contribution in [1.29, 1.82) is 0 Å². The first-order valence-corrected chi connectivity index (χ1v) is 7.48. The van der Waals surface area contributed by atoms with Gasteiger partial charge in [0, 0.05) is 13.0 Å². The Morgan fingerprint density at radius 2 is 2.53 bits per heavy atom. The third-order valence-corrected chi connectivity index (χ3v) is 4.20. The summed E-state index contributed by atoms with van der Waals surface area (Å²) in [4.78, 5) is 18.6. The number of nitrogens with zero attached hydrogens (tertiary/aromatic N) is 3. The van der Waals surface area contributed by atoms with Gasteiger partial charge in [-0.25, -0.2) is 4.98 Å². The number of carbonyl (C=O) groups is 1. The summed E-state index contributed by atoms with van der Waals surface area (Å²) in [5.74, 6) is 0.984. The second-order valence-corrected chi connectivity index (χ2v) is 5.45. The van der Waals surface area contributed by atoms with Gasteiger partial charge < -0.3 is 4.90 Å². The van der Waals surface area contributed by atoms with Gasteiger partial charge in [-0.05, 0) is 35.2 Å². The van der Waals surface area contributed by atoms with Gasteiger partial charge in [-0.3, -0.25) is 9.89 Å². The van der Waals surface area contributed by atoms with E-state index in [0.29, 0.717) is 5.82 Å². The molecule has 1 saturated heterocycles. The zero-order chi connectivity index (χ0) is 13.2. The van der Waals surface area contributed by atoms with Crippen molar-refractivity contribution >= 4 is 17.2 Å². The highest BCUT2D eigenvalue weighted by Crippen LogP contribution is 2.33. The Balaban J connectivity index is 1.82. The van der Waals surface area contributed by atoms with E-state index in [1.165, 1.54) is 5.56 Å². The number of hydrogen-bond donors (Lipinski definition) is 1. The van der Waals surface area contributed by atoms with Crippen molar-refractivity contribution < 1.29 is 4.79 Å². The lowest BCUT2D eigenvalue weighted by molar-refractivity contribution is 0.0724. The Hall–Kier alpha value is -1.69. The van der Waals surface area contributed by atoms with E-state index in [9.17, 15) is 4.79 Å². The molecule has 3 rings (SSSR count). The number of rotatable bonds is 3. The van der Waals surface area contributed by atoms with Crippen LogP contribution in [0.25, 0.3) is 0 Å². The van der Waals surface area contributed by atoms with E-state index in [1.807, 2.05) is 11.8 Å². The fourth-order valence-corrected chi connectivity index (χ4v) is 3.21. The largest absolute Gasteiger partial charge is 0.329 e.